The fourth-order valence-electron chi connectivity index (χ4n) is 14.4. The van der Waals surface area contributed by atoms with Crippen LogP contribution in [0.3, 0.4) is 0 Å². The first kappa shape index (κ1) is 117. The predicted octanol–water partition coefficient (Wildman–Crippen LogP) is 9.90. The van der Waals surface area contributed by atoms with Gasteiger partial charge in [0.15, 0.2) is 0 Å². The molecule has 0 aliphatic carbocycles. The third-order valence-corrected chi connectivity index (χ3v) is 27.0. The second-order valence-corrected chi connectivity index (χ2v) is 42.1. The zero-order valence-electron chi connectivity index (χ0n) is 83.2. The number of nitrogens with one attached hydrogen (secondary N) is 6. The monoisotopic (exact) mass is 1940 g/mol. The highest BCUT2D eigenvalue weighted by Crippen LogP contribution is 2.26. The predicted molar refractivity (Wildman–Crippen MR) is 528 cm³/mol. The smallest absolute Gasteiger partial charge is 0.253 e. The molecule has 36 heteroatoms. The van der Waals surface area contributed by atoms with Crippen LogP contribution in [0.1, 0.15) is 240 Å². The highest BCUT2D eigenvalue weighted by atomic mass is 32.2. The molecule has 6 rings (SSSR count). The van der Waals surface area contributed by atoms with E-state index in [0.29, 0.717) is 65.2 Å². The maximum atomic E-state index is 13.9. The van der Waals surface area contributed by atoms with Crippen molar-refractivity contribution in [1.82, 2.24) is 74.9 Å². The van der Waals surface area contributed by atoms with Crippen molar-refractivity contribution in [3.63, 3.8) is 0 Å². The first-order valence-electron chi connectivity index (χ1n) is 47.0. The number of carbonyl (C=O) groups excluding carboxylic acids is 9. The zero-order chi connectivity index (χ0) is 101. The van der Waals surface area contributed by atoms with Crippen LogP contribution in [-0.2, 0) is 63.7 Å². The molecule has 0 bridgehead atoms. The summed E-state index contributed by atoms with van der Waals surface area (Å²) in [6.45, 7) is 30.9. The molecule has 6 aromatic carbocycles. The van der Waals surface area contributed by atoms with Crippen LogP contribution < -0.4 is 32.2 Å². The van der Waals surface area contributed by atoms with Gasteiger partial charge in [-0.1, -0.05) is 194 Å². The molecular weight excluding hydrogens is 1780 g/mol. The van der Waals surface area contributed by atoms with Crippen LogP contribution in [-0.4, -0.2) is 294 Å². The van der Waals surface area contributed by atoms with Crippen molar-refractivity contribution >= 4 is 83.2 Å². The number of aliphatic hydroxyl groups excluding tert-OH is 3. The van der Waals surface area contributed by atoms with Crippen molar-refractivity contribution in [3.05, 3.63) is 196 Å². The topological polar surface area (TPSA) is 418 Å². The van der Waals surface area contributed by atoms with Gasteiger partial charge in [-0.05, 0) is 147 Å². The van der Waals surface area contributed by atoms with Crippen molar-refractivity contribution in [2.45, 2.75) is 232 Å². The van der Waals surface area contributed by atoms with Crippen molar-refractivity contribution in [3.8, 4) is 0 Å². The van der Waals surface area contributed by atoms with Gasteiger partial charge >= 0.3 is 0 Å². The molecule has 6 atom stereocenters. The normalized spacial score (nSPS) is 13.1. The lowest BCUT2D eigenvalue weighted by molar-refractivity contribution is -0.130. The molecule has 0 heterocycles. The van der Waals surface area contributed by atoms with E-state index in [1.807, 2.05) is 174 Å². The van der Waals surface area contributed by atoms with E-state index in [2.05, 4.69) is 32.2 Å². The van der Waals surface area contributed by atoms with Crippen molar-refractivity contribution in [2.75, 3.05) is 121 Å². The summed E-state index contributed by atoms with van der Waals surface area (Å²) < 4.78 is 82.1. The minimum absolute atomic E-state index is 0.0135. The first-order chi connectivity index (χ1) is 63.7. The summed E-state index contributed by atoms with van der Waals surface area (Å²) in [4.78, 5) is 124. The van der Waals surface area contributed by atoms with E-state index in [-0.39, 0.29) is 140 Å². The number of unbranched alkanes of at least 4 members (excludes halogenated alkanes) is 1. The zero-order valence-corrected chi connectivity index (χ0v) is 85.7. The van der Waals surface area contributed by atoms with Gasteiger partial charge < -0.3 is 46.0 Å². The lowest BCUT2D eigenvalue weighted by Crippen LogP contribution is -2.54. The van der Waals surface area contributed by atoms with Crippen LogP contribution >= 0.6 is 0 Å². The average molecular weight is 1940 g/mol. The van der Waals surface area contributed by atoms with E-state index in [1.54, 1.807) is 45.6 Å². The number of aliphatic hydroxyl groups is 3. The van der Waals surface area contributed by atoms with Crippen LogP contribution in [0.4, 0.5) is 0 Å². The molecule has 0 spiro atoms. The summed E-state index contributed by atoms with van der Waals surface area (Å²) in [5.74, 6) is -3.44. The first-order valence-corrected chi connectivity index (χ1v) is 51.3. The summed E-state index contributed by atoms with van der Waals surface area (Å²) in [5.41, 5.74) is 11.3. The average Bonchev–Trinajstić information content (AvgIpc) is 0.796. The second-order valence-electron chi connectivity index (χ2n) is 35.6. The highest BCUT2D eigenvalue weighted by molar-refractivity contribution is 7.89. The number of hydrazine groups is 3. The molecule has 0 aliphatic rings. The van der Waals surface area contributed by atoms with Crippen LogP contribution in [0.15, 0.2) is 160 Å². The van der Waals surface area contributed by atoms with E-state index in [4.69, 9.17) is 0 Å². The van der Waals surface area contributed by atoms with Crippen molar-refractivity contribution in [2.24, 2.45) is 17.8 Å². The Morgan fingerprint density at radius 2 is 0.607 bits per heavy atom. The third kappa shape index (κ3) is 38.9. The van der Waals surface area contributed by atoms with Crippen LogP contribution in [0, 0.1) is 17.8 Å². The Kier molecular flexibility index (Phi) is 50.9. The Bertz CT molecular complexity index is 5080. The molecule has 0 saturated carbocycles. The maximum absolute atomic E-state index is 13.9. The van der Waals surface area contributed by atoms with E-state index in [1.165, 1.54) is 102 Å². The lowest BCUT2D eigenvalue weighted by Gasteiger charge is -2.31. The molecule has 9 amide bonds. The molecule has 0 radical (unpaired) electrons. The molecule has 0 aromatic heterocycles. The highest BCUT2D eigenvalue weighted by Gasteiger charge is 2.34. The van der Waals surface area contributed by atoms with Gasteiger partial charge in [0.05, 0.1) is 51.1 Å². The number of sulfonamides is 3. The largest absolute Gasteiger partial charge is 0.390 e. The fourth-order valence-corrected chi connectivity index (χ4v) is 17.3. The van der Waals surface area contributed by atoms with Crippen LogP contribution in [0.2, 0.25) is 0 Å². The SMILES string of the molecule is CCCCN(CC(O)C(Cc1ccccc1)NC(=O)c1cc(C(=O)N(CCC)CCC)cc(S(=O)(=O)N(C)C)c1)NC(=O)C(C)C.CCCN(CCC)C(=O)c1cc(C(=O)NC(Cc2ccccc2)C(O)CN(C)NC(=O)CC(C)C)cc(S(=O)(=O)N(C)C)c1.CCCN(CCC)C(=O)c1cc(C(=O)NC(Cc2ccccc2)C(O)CN(CC)NC(=O)CC(C)C)cc(S(=O)(=O)N(C)C)c1. The van der Waals surface area contributed by atoms with Gasteiger partial charge in [-0.2, -0.15) is 0 Å². The van der Waals surface area contributed by atoms with Gasteiger partial charge in [0.25, 0.3) is 35.4 Å². The number of benzene rings is 6. The molecule has 0 fully saturated rings. The number of likely N-dealkylation sites (N-methyl/N-ethyl adjacent to an activating group) is 2. The number of hydrogen-bond acceptors (Lipinski definition) is 21. The van der Waals surface area contributed by atoms with E-state index < -0.39 is 84.2 Å². The van der Waals surface area contributed by atoms with Crippen molar-refractivity contribution < 1.29 is 83.7 Å². The molecule has 33 nitrogen and oxygen atoms in total. The Morgan fingerprint density at radius 1 is 0.333 bits per heavy atom. The summed E-state index contributed by atoms with van der Waals surface area (Å²) in [7, 11) is -2.02. The summed E-state index contributed by atoms with van der Waals surface area (Å²) in [5, 5.41) is 47.6. The standard InChI is InChI=1S/C34H53N5O6S.C33H51N5O6S.C32H49N5O6S/c1-8-11-19-39(36-32(41)25(4)5)24-31(40)30(20-26-15-13-12-14-16-26)35-33(42)27-21-28(34(43)38(17-9-2)18-10-3)23-29(22-27)46(44,45)37(6)7;1-8-16-37(17-9-2)33(42)27-20-26(21-28(22-27)45(43,44)36(6)7)32(41)34-29(19-25-14-12-11-13-15-25)30(39)23-38(10-3)35-31(40)18-24(4)5;1-8-15-37(16-9-2)32(41)26-19-25(20-27(21-26)44(42,43)35(5)6)31(40)33-28(18-24-13-11-10-12-14-24)29(38)22-36(7)34-30(39)17-23(3)4/h12-16,21-23,25,30-31,40H,8-11,17-20,24H2,1-7H3,(H,35,42)(H,36,41);11-15,20-22,24,29-30,39H,8-10,16-19,23H2,1-7H3,(H,34,41)(H,35,40);10-14,19-21,23,28-29,38H,8-9,15-18,22H2,1-7H3,(H,33,40)(H,34,39). The Hall–Kier alpha value is -9.96. The van der Waals surface area contributed by atoms with Gasteiger partial charge in [0.1, 0.15) is 0 Å². The number of rotatable bonds is 54. The lowest BCUT2D eigenvalue weighted by atomic mass is 10.00. The molecule has 0 saturated heterocycles. The van der Waals surface area contributed by atoms with Crippen LogP contribution in [0.5, 0.6) is 0 Å². The Morgan fingerprint density at radius 3 is 0.867 bits per heavy atom. The molecule has 750 valence electrons. The molecule has 9 N–H and O–H groups in total. The minimum Gasteiger partial charge on any atom is -0.390 e. The summed E-state index contributed by atoms with van der Waals surface area (Å²) in [6.07, 6.45) is 4.16. The molecule has 135 heavy (non-hydrogen) atoms. The van der Waals surface area contributed by atoms with Gasteiger partial charge in [0, 0.05) is 173 Å². The number of nitrogens with zero attached hydrogens (tertiary/aromatic N) is 9. The second kappa shape index (κ2) is 58.6. The van der Waals surface area contributed by atoms with Crippen molar-refractivity contribution in [1.29, 1.82) is 0 Å². The maximum Gasteiger partial charge on any atom is 0.253 e. The third-order valence-electron chi connectivity index (χ3n) is 21.7. The van der Waals surface area contributed by atoms with E-state index in [9.17, 15) is 83.7 Å². The quantitative estimate of drug-likeness (QED) is 0.0160. The number of hydrogen-bond donors (Lipinski definition) is 9. The fraction of sp³-hybridized carbons (Fsp3) is 0.545. The molecule has 6 aromatic rings. The van der Waals surface area contributed by atoms with Gasteiger partial charge in [-0.3, -0.25) is 59.4 Å². The Labute approximate surface area is 803 Å². The molecular formula is C99H153N15O18S3. The molecule has 0 aliphatic heterocycles. The summed E-state index contributed by atoms with van der Waals surface area (Å²) >= 11 is 0. The van der Waals surface area contributed by atoms with E-state index in [0.717, 1.165) is 81.0 Å². The summed E-state index contributed by atoms with van der Waals surface area (Å²) in [6, 6.07) is 37.5. The van der Waals surface area contributed by atoms with Crippen LogP contribution in [0.25, 0.3) is 0 Å². The molecule has 6 unspecified atom stereocenters. The Balaban J connectivity index is 0.000000423. The minimum atomic E-state index is -3.99. The van der Waals surface area contributed by atoms with Gasteiger partial charge in [0.2, 0.25) is 47.8 Å². The number of amides is 9. The van der Waals surface area contributed by atoms with Gasteiger partial charge in [-0.25, -0.2) is 53.2 Å². The number of carbonyl (C=O) groups is 9. The van der Waals surface area contributed by atoms with E-state index >= 15 is 0 Å². The van der Waals surface area contributed by atoms with Gasteiger partial charge in [-0.15, -0.1) is 0 Å².